The van der Waals surface area contributed by atoms with E-state index in [2.05, 4.69) is 33.5 Å². The van der Waals surface area contributed by atoms with Gasteiger partial charge in [0.05, 0.1) is 12.2 Å². The van der Waals surface area contributed by atoms with E-state index in [-0.39, 0.29) is 0 Å². The number of nitrogens with two attached hydrogens (primary N) is 1. The first-order valence-corrected chi connectivity index (χ1v) is 7.89. The molecule has 1 aliphatic carbocycles. The predicted molar refractivity (Wildman–Crippen MR) is 92.6 cm³/mol. The number of anilines is 1. The van der Waals surface area contributed by atoms with Crippen molar-refractivity contribution in [3.05, 3.63) is 65.6 Å². The van der Waals surface area contributed by atoms with E-state index in [1.165, 1.54) is 24.0 Å². The number of pyridine rings is 1. The summed E-state index contributed by atoms with van der Waals surface area (Å²) in [6, 6.07) is 12.3. The van der Waals surface area contributed by atoms with Gasteiger partial charge in [0.25, 0.3) is 0 Å². The van der Waals surface area contributed by atoms with Crippen LogP contribution in [-0.4, -0.2) is 15.3 Å². The second-order valence-electron chi connectivity index (χ2n) is 5.86. The molecule has 116 valence electrons. The van der Waals surface area contributed by atoms with Gasteiger partial charge >= 0.3 is 0 Å². The molecule has 0 fully saturated rings. The zero-order valence-electron chi connectivity index (χ0n) is 12.9. The molecule has 2 heterocycles. The van der Waals surface area contributed by atoms with Crippen LogP contribution in [0.3, 0.4) is 0 Å². The summed E-state index contributed by atoms with van der Waals surface area (Å²) in [6.45, 7) is 0.464. The van der Waals surface area contributed by atoms with Gasteiger partial charge in [0.1, 0.15) is 5.65 Å². The number of nitrogens with zero attached hydrogens (tertiary/aromatic N) is 3. The van der Waals surface area contributed by atoms with Crippen LogP contribution < -0.4 is 11.1 Å². The number of aromatic nitrogens is 2. The molecule has 0 unspecified atom stereocenters. The lowest BCUT2D eigenvalue weighted by atomic mass is 10.1. The summed E-state index contributed by atoms with van der Waals surface area (Å²) < 4.78 is 1.98. The average Bonchev–Trinajstić information content (AvgIpc) is 3.18. The number of rotatable bonds is 3. The number of hydrogen-bond donors (Lipinski definition) is 2. The molecule has 5 nitrogen and oxygen atoms in total. The lowest BCUT2D eigenvalue weighted by Gasteiger charge is -2.07. The van der Waals surface area contributed by atoms with Crippen molar-refractivity contribution in [1.82, 2.24) is 9.38 Å². The predicted octanol–water partition coefficient (Wildman–Crippen LogP) is 2.75. The molecule has 1 aliphatic rings. The van der Waals surface area contributed by atoms with Gasteiger partial charge in [0, 0.05) is 18.1 Å². The maximum absolute atomic E-state index is 6.00. The standard InChI is InChI=1S/C18H19N5/c19-18(22-15-8-7-13-4-3-5-14(13)10-15)20-11-16-12-23-9-2-1-6-17(23)21-16/h1-2,6-10,12H,3-5,11H2,(H3,19,20,22). The molecule has 0 spiro atoms. The minimum atomic E-state index is 0.417. The molecular formula is C18H19N5. The van der Waals surface area contributed by atoms with Gasteiger partial charge in [0.2, 0.25) is 0 Å². The van der Waals surface area contributed by atoms with Crippen molar-refractivity contribution in [2.75, 3.05) is 5.32 Å². The molecule has 2 aromatic heterocycles. The van der Waals surface area contributed by atoms with Crippen molar-refractivity contribution < 1.29 is 0 Å². The Morgan fingerprint density at radius 2 is 2.13 bits per heavy atom. The molecule has 0 saturated heterocycles. The molecule has 5 heteroatoms. The first-order chi connectivity index (χ1) is 11.3. The summed E-state index contributed by atoms with van der Waals surface area (Å²) in [5, 5.41) is 3.17. The molecule has 0 radical (unpaired) electrons. The quantitative estimate of drug-likeness (QED) is 0.577. The van der Waals surface area contributed by atoms with Crippen LogP contribution in [-0.2, 0) is 19.4 Å². The normalized spacial score (nSPS) is 14.2. The van der Waals surface area contributed by atoms with E-state index in [0.717, 1.165) is 23.4 Å². The molecule has 0 aliphatic heterocycles. The highest BCUT2D eigenvalue weighted by Crippen LogP contribution is 2.24. The fourth-order valence-electron chi connectivity index (χ4n) is 3.07. The third kappa shape index (κ3) is 2.90. The van der Waals surface area contributed by atoms with Gasteiger partial charge in [-0.2, -0.15) is 0 Å². The Balaban J connectivity index is 1.46. The van der Waals surface area contributed by atoms with Crippen LogP contribution in [0.4, 0.5) is 5.69 Å². The Morgan fingerprint density at radius 3 is 3.04 bits per heavy atom. The highest BCUT2D eigenvalue weighted by Gasteiger charge is 2.10. The van der Waals surface area contributed by atoms with E-state index in [9.17, 15) is 0 Å². The molecule has 0 atom stereocenters. The second-order valence-corrected chi connectivity index (χ2v) is 5.86. The van der Waals surface area contributed by atoms with E-state index in [4.69, 9.17) is 5.73 Å². The van der Waals surface area contributed by atoms with Gasteiger partial charge in [-0.05, 0) is 54.7 Å². The third-order valence-electron chi connectivity index (χ3n) is 4.20. The Bertz CT molecular complexity index is 845. The number of aliphatic imine (C=N–C) groups is 1. The SMILES string of the molecule is NC(=NCc1cn2ccccc2n1)Nc1ccc2c(c1)CCC2. The number of nitrogens with one attached hydrogen (secondary N) is 1. The smallest absolute Gasteiger partial charge is 0.193 e. The number of aryl methyl sites for hydroxylation is 2. The molecule has 23 heavy (non-hydrogen) atoms. The number of imidazole rings is 1. The fourth-order valence-corrected chi connectivity index (χ4v) is 3.07. The molecule has 3 aromatic rings. The molecule has 0 bridgehead atoms. The lowest BCUT2D eigenvalue weighted by Crippen LogP contribution is -2.22. The van der Waals surface area contributed by atoms with Gasteiger partial charge in [-0.1, -0.05) is 12.1 Å². The summed E-state index contributed by atoms with van der Waals surface area (Å²) >= 11 is 0. The van der Waals surface area contributed by atoms with Gasteiger partial charge in [-0.25, -0.2) is 9.98 Å². The molecule has 0 amide bonds. The zero-order chi connectivity index (χ0) is 15.6. The Kier molecular flexibility index (Phi) is 3.46. The summed E-state index contributed by atoms with van der Waals surface area (Å²) in [4.78, 5) is 8.90. The summed E-state index contributed by atoms with van der Waals surface area (Å²) in [7, 11) is 0. The third-order valence-corrected chi connectivity index (χ3v) is 4.20. The number of guanidine groups is 1. The van der Waals surface area contributed by atoms with Crippen LogP contribution in [0.15, 0.2) is 53.8 Å². The van der Waals surface area contributed by atoms with Crippen molar-refractivity contribution in [3.63, 3.8) is 0 Å². The van der Waals surface area contributed by atoms with Crippen molar-refractivity contribution in [1.29, 1.82) is 0 Å². The lowest BCUT2D eigenvalue weighted by molar-refractivity contribution is 0.912. The van der Waals surface area contributed by atoms with E-state index in [1.54, 1.807) is 0 Å². The van der Waals surface area contributed by atoms with Crippen molar-refractivity contribution in [3.8, 4) is 0 Å². The first-order valence-electron chi connectivity index (χ1n) is 7.89. The van der Waals surface area contributed by atoms with E-state index in [1.807, 2.05) is 35.0 Å². The summed E-state index contributed by atoms with van der Waals surface area (Å²) in [5.74, 6) is 0.417. The Labute approximate surface area is 134 Å². The Hall–Kier alpha value is -2.82. The fraction of sp³-hybridized carbons (Fsp3) is 0.222. The molecule has 4 rings (SSSR count). The first kappa shape index (κ1) is 13.8. The minimum absolute atomic E-state index is 0.417. The van der Waals surface area contributed by atoms with Crippen LogP contribution in [0.25, 0.3) is 5.65 Å². The zero-order valence-corrected chi connectivity index (χ0v) is 12.9. The van der Waals surface area contributed by atoms with Crippen LogP contribution in [0, 0.1) is 0 Å². The van der Waals surface area contributed by atoms with Crippen molar-refractivity contribution in [2.24, 2.45) is 10.7 Å². The van der Waals surface area contributed by atoms with Crippen molar-refractivity contribution in [2.45, 2.75) is 25.8 Å². The van der Waals surface area contributed by atoms with Crippen LogP contribution in [0.5, 0.6) is 0 Å². The molecular weight excluding hydrogens is 286 g/mol. The maximum atomic E-state index is 6.00. The largest absolute Gasteiger partial charge is 0.370 e. The summed E-state index contributed by atoms with van der Waals surface area (Å²) in [6.07, 6.45) is 7.54. The highest BCUT2D eigenvalue weighted by molar-refractivity contribution is 5.92. The van der Waals surface area contributed by atoms with E-state index >= 15 is 0 Å². The number of benzene rings is 1. The highest BCUT2D eigenvalue weighted by atomic mass is 15.1. The number of fused-ring (bicyclic) bond motifs is 2. The topological polar surface area (TPSA) is 67.7 Å². The van der Waals surface area contributed by atoms with Gasteiger partial charge in [-0.3, -0.25) is 0 Å². The molecule has 1 aromatic carbocycles. The monoisotopic (exact) mass is 305 g/mol. The van der Waals surface area contributed by atoms with Gasteiger partial charge in [0.15, 0.2) is 5.96 Å². The minimum Gasteiger partial charge on any atom is -0.370 e. The van der Waals surface area contributed by atoms with E-state index < -0.39 is 0 Å². The van der Waals surface area contributed by atoms with Gasteiger partial charge in [-0.15, -0.1) is 0 Å². The molecule has 3 N–H and O–H groups in total. The maximum Gasteiger partial charge on any atom is 0.193 e. The van der Waals surface area contributed by atoms with E-state index in [0.29, 0.717) is 12.5 Å². The van der Waals surface area contributed by atoms with Crippen LogP contribution >= 0.6 is 0 Å². The summed E-state index contributed by atoms with van der Waals surface area (Å²) in [5.41, 5.74) is 11.7. The Morgan fingerprint density at radius 1 is 1.22 bits per heavy atom. The van der Waals surface area contributed by atoms with Crippen LogP contribution in [0.1, 0.15) is 23.2 Å². The van der Waals surface area contributed by atoms with Gasteiger partial charge < -0.3 is 15.5 Å². The molecule has 0 saturated carbocycles. The number of hydrogen-bond acceptors (Lipinski definition) is 2. The van der Waals surface area contributed by atoms with Crippen molar-refractivity contribution >= 4 is 17.3 Å². The average molecular weight is 305 g/mol. The van der Waals surface area contributed by atoms with Crippen LogP contribution in [0.2, 0.25) is 0 Å². The second kappa shape index (κ2) is 5.76.